The molecular formula is C11H17N3O4S2. The largest absolute Gasteiger partial charge is 0.481 e. The van der Waals surface area contributed by atoms with Gasteiger partial charge in [-0.05, 0) is 12.8 Å². The number of hydrogen-bond donors (Lipinski definition) is 1. The minimum atomic E-state index is -2.97. The minimum absolute atomic E-state index is 0.0786. The first-order valence-electron chi connectivity index (χ1n) is 6.41. The third-order valence-electron chi connectivity index (χ3n) is 3.11. The number of carboxylic acids is 1. The molecular weight excluding hydrogens is 302 g/mol. The molecule has 2 rings (SSSR count). The molecule has 7 nitrogen and oxygen atoms in total. The Morgan fingerprint density at radius 1 is 1.50 bits per heavy atom. The summed E-state index contributed by atoms with van der Waals surface area (Å²) in [6.45, 7) is 2.67. The maximum absolute atomic E-state index is 11.6. The van der Waals surface area contributed by atoms with Crippen LogP contribution in [0.1, 0.15) is 31.5 Å². The lowest BCUT2D eigenvalue weighted by molar-refractivity contribution is -0.133. The van der Waals surface area contributed by atoms with Crippen LogP contribution in [0.15, 0.2) is 5.16 Å². The van der Waals surface area contributed by atoms with E-state index >= 15 is 0 Å². The summed E-state index contributed by atoms with van der Waals surface area (Å²) in [6, 6.07) is 0. The number of rotatable bonds is 6. The number of aliphatic carboxylic acids is 1. The van der Waals surface area contributed by atoms with E-state index in [-0.39, 0.29) is 23.2 Å². The average molecular weight is 319 g/mol. The highest BCUT2D eigenvalue weighted by Crippen LogP contribution is 2.30. The summed E-state index contributed by atoms with van der Waals surface area (Å²) in [5.41, 5.74) is 0. The molecule has 1 aromatic rings. The van der Waals surface area contributed by atoms with Crippen molar-refractivity contribution in [1.82, 2.24) is 14.8 Å². The molecule has 20 heavy (non-hydrogen) atoms. The molecule has 1 saturated heterocycles. The van der Waals surface area contributed by atoms with E-state index in [9.17, 15) is 13.2 Å². The number of aromatic nitrogens is 3. The first kappa shape index (κ1) is 15.3. The highest BCUT2D eigenvalue weighted by Gasteiger charge is 2.33. The van der Waals surface area contributed by atoms with Gasteiger partial charge in [-0.15, -0.1) is 10.2 Å². The zero-order chi connectivity index (χ0) is 14.8. The molecule has 1 unspecified atom stereocenters. The van der Waals surface area contributed by atoms with Gasteiger partial charge in [-0.1, -0.05) is 18.7 Å². The van der Waals surface area contributed by atoms with Crippen LogP contribution in [0.2, 0.25) is 0 Å². The normalized spacial score (nSPS) is 21.1. The lowest BCUT2D eigenvalue weighted by Crippen LogP contribution is -2.12. The highest BCUT2D eigenvalue weighted by atomic mass is 32.2. The van der Waals surface area contributed by atoms with Gasteiger partial charge in [0.15, 0.2) is 15.0 Å². The molecule has 0 aromatic carbocycles. The average Bonchev–Trinajstić information content (AvgIpc) is 2.91. The summed E-state index contributed by atoms with van der Waals surface area (Å²) < 4.78 is 25.0. The number of hydrogen-bond acceptors (Lipinski definition) is 6. The summed E-state index contributed by atoms with van der Waals surface area (Å²) in [6.07, 6.45) is 1.42. The molecule has 0 radical (unpaired) electrons. The van der Waals surface area contributed by atoms with Crippen molar-refractivity contribution < 1.29 is 18.3 Å². The second-order valence-electron chi connectivity index (χ2n) is 4.77. The van der Waals surface area contributed by atoms with Gasteiger partial charge in [0, 0.05) is 12.5 Å². The Balaban J connectivity index is 2.22. The molecule has 1 atom stereocenters. The van der Waals surface area contributed by atoms with Crippen LogP contribution in [-0.2, 0) is 21.2 Å². The zero-order valence-corrected chi connectivity index (χ0v) is 12.8. The second kappa shape index (κ2) is 6.13. The van der Waals surface area contributed by atoms with E-state index in [4.69, 9.17) is 5.11 Å². The Kier molecular flexibility index (Phi) is 4.69. The molecule has 112 valence electrons. The lowest BCUT2D eigenvalue weighted by Gasteiger charge is -2.11. The third-order valence-corrected chi connectivity index (χ3v) is 5.83. The van der Waals surface area contributed by atoms with Crippen LogP contribution >= 0.6 is 11.8 Å². The second-order valence-corrected chi connectivity index (χ2v) is 7.95. The van der Waals surface area contributed by atoms with E-state index in [1.807, 2.05) is 11.5 Å². The topological polar surface area (TPSA) is 102 Å². The van der Waals surface area contributed by atoms with Crippen LogP contribution in [0.4, 0.5) is 0 Å². The van der Waals surface area contributed by atoms with E-state index in [2.05, 4.69) is 10.2 Å². The maximum atomic E-state index is 11.6. The SMILES string of the molecule is CCCn1c(SCC(=O)O)nnc1C1CCS(=O)(=O)C1. The van der Waals surface area contributed by atoms with E-state index < -0.39 is 15.8 Å². The Morgan fingerprint density at radius 2 is 2.25 bits per heavy atom. The van der Waals surface area contributed by atoms with Crippen LogP contribution in [0.3, 0.4) is 0 Å². The van der Waals surface area contributed by atoms with Gasteiger partial charge in [-0.25, -0.2) is 8.42 Å². The van der Waals surface area contributed by atoms with Gasteiger partial charge in [-0.2, -0.15) is 0 Å². The molecule has 0 bridgehead atoms. The molecule has 1 aliphatic rings. The number of carboxylic acid groups (broad SMARTS) is 1. The molecule has 1 aliphatic heterocycles. The summed E-state index contributed by atoms with van der Waals surface area (Å²) in [5, 5.41) is 17.4. The highest BCUT2D eigenvalue weighted by molar-refractivity contribution is 7.99. The van der Waals surface area contributed by atoms with Crippen LogP contribution in [-0.4, -0.2) is 51.5 Å². The fourth-order valence-corrected chi connectivity index (χ4v) is 4.70. The van der Waals surface area contributed by atoms with E-state index in [0.717, 1.165) is 18.2 Å². The molecule has 0 aliphatic carbocycles. The van der Waals surface area contributed by atoms with Gasteiger partial charge < -0.3 is 9.67 Å². The predicted octanol–water partition coefficient (Wildman–Crippen LogP) is 0.767. The van der Waals surface area contributed by atoms with Gasteiger partial charge in [0.2, 0.25) is 0 Å². The van der Waals surface area contributed by atoms with Crippen molar-refractivity contribution in [3.63, 3.8) is 0 Å². The molecule has 1 aromatic heterocycles. The first-order chi connectivity index (χ1) is 9.43. The van der Waals surface area contributed by atoms with Gasteiger partial charge in [0.05, 0.1) is 17.3 Å². The van der Waals surface area contributed by atoms with E-state index in [0.29, 0.717) is 23.9 Å². The maximum Gasteiger partial charge on any atom is 0.313 e. The smallest absolute Gasteiger partial charge is 0.313 e. The molecule has 0 saturated carbocycles. The first-order valence-corrected chi connectivity index (χ1v) is 9.21. The Bertz CT molecular complexity index is 597. The molecule has 9 heteroatoms. The number of nitrogens with zero attached hydrogens (tertiary/aromatic N) is 3. The van der Waals surface area contributed by atoms with Crippen LogP contribution in [0, 0.1) is 0 Å². The quantitative estimate of drug-likeness (QED) is 0.772. The van der Waals surface area contributed by atoms with Gasteiger partial charge in [0.25, 0.3) is 0 Å². The van der Waals surface area contributed by atoms with E-state index in [1.165, 1.54) is 0 Å². The summed E-state index contributed by atoms with van der Waals surface area (Å²) in [7, 11) is -2.97. The molecule has 1 fully saturated rings. The predicted molar refractivity (Wildman–Crippen MR) is 74.7 cm³/mol. The molecule has 0 spiro atoms. The number of sulfone groups is 1. The van der Waals surface area contributed by atoms with Crippen LogP contribution < -0.4 is 0 Å². The van der Waals surface area contributed by atoms with E-state index in [1.54, 1.807) is 0 Å². The van der Waals surface area contributed by atoms with Crippen LogP contribution in [0.25, 0.3) is 0 Å². The Morgan fingerprint density at radius 3 is 2.80 bits per heavy atom. The van der Waals surface area contributed by atoms with Crippen molar-refractivity contribution in [2.45, 2.75) is 37.4 Å². The third kappa shape index (κ3) is 3.51. The van der Waals surface area contributed by atoms with Gasteiger partial charge in [0.1, 0.15) is 5.82 Å². The van der Waals surface area contributed by atoms with Crippen molar-refractivity contribution >= 4 is 27.6 Å². The number of thioether (sulfide) groups is 1. The van der Waals surface area contributed by atoms with Crippen molar-refractivity contribution in [2.24, 2.45) is 0 Å². The lowest BCUT2D eigenvalue weighted by atomic mass is 10.1. The van der Waals surface area contributed by atoms with Crippen molar-refractivity contribution in [1.29, 1.82) is 0 Å². The fourth-order valence-electron chi connectivity index (χ4n) is 2.27. The Hall–Kier alpha value is -1.09. The summed E-state index contributed by atoms with van der Waals surface area (Å²) in [5.74, 6) is -0.151. The summed E-state index contributed by atoms with van der Waals surface area (Å²) >= 11 is 1.11. The minimum Gasteiger partial charge on any atom is -0.481 e. The van der Waals surface area contributed by atoms with Crippen molar-refractivity contribution in [3.8, 4) is 0 Å². The fraction of sp³-hybridized carbons (Fsp3) is 0.727. The van der Waals surface area contributed by atoms with Crippen molar-refractivity contribution in [3.05, 3.63) is 5.82 Å². The van der Waals surface area contributed by atoms with Crippen LogP contribution in [0.5, 0.6) is 0 Å². The Labute approximate surface area is 121 Å². The van der Waals surface area contributed by atoms with Crippen molar-refractivity contribution in [2.75, 3.05) is 17.3 Å². The molecule has 1 N–H and O–H groups in total. The molecule has 2 heterocycles. The van der Waals surface area contributed by atoms with Gasteiger partial charge in [-0.3, -0.25) is 4.79 Å². The van der Waals surface area contributed by atoms with Gasteiger partial charge >= 0.3 is 5.97 Å². The standard InChI is InChI=1S/C11H17N3O4S2/c1-2-4-14-10(8-3-5-20(17,18)7-8)12-13-11(14)19-6-9(15)16/h8H,2-7H2,1H3,(H,15,16). The summed E-state index contributed by atoms with van der Waals surface area (Å²) in [4.78, 5) is 10.6. The zero-order valence-electron chi connectivity index (χ0n) is 11.2. The number of carbonyl (C=O) groups is 1. The molecule has 0 amide bonds. The monoisotopic (exact) mass is 319 g/mol.